The van der Waals surface area contributed by atoms with Crippen LogP contribution in [0.15, 0.2) is 30.3 Å². The average molecular weight is 233 g/mol. The van der Waals surface area contributed by atoms with Crippen molar-refractivity contribution in [2.75, 3.05) is 0 Å². The third-order valence-electron chi connectivity index (χ3n) is 2.47. The summed E-state index contributed by atoms with van der Waals surface area (Å²) in [6, 6.07) is 11.1. The summed E-state index contributed by atoms with van der Waals surface area (Å²) in [6.07, 6.45) is 0. The Bertz CT molecular complexity index is 422. The monoisotopic (exact) mass is 233 g/mol. The number of nitriles is 1. The van der Waals surface area contributed by atoms with Crippen LogP contribution in [0.5, 0.6) is 0 Å². The molecule has 0 aliphatic carbocycles. The normalized spacial score (nSPS) is 13.8. The zero-order valence-electron chi connectivity index (χ0n) is 10.1. The maximum atomic E-state index is 10.8. The van der Waals surface area contributed by atoms with Crippen LogP contribution in [0.4, 0.5) is 0 Å². The molecule has 0 spiro atoms. The number of rotatable bonds is 4. The summed E-state index contributed by atoms with van der Waals surface area (Å²) in [6.45, 7) is 4.90. The van der Waals surface area contributed by atoms with Crippen LogP contribution in [-0.4, -0.2) is 5.97 Å². The first-order chi connectivity index (χ1) is 8.03. The fraction of sp³-hybridized carbons (Fsp3) is 0.385. The summed E-state index contributed by atoms with van der Waals surface area (Å²) >= 11 is 0. The van der Waals surface area contributed by atoms with Gasteiger partial charge in [-0.1, -0.05) is 44.2 Å². The van der Waals surface area contributed by atoms with Crippen LogP contribution in [0, 0.1) is 17.2 Å². The van der Waals surface area contributed by atoms with E-state index >= 15 is 0 Å². The van der Waals surface area contributed by atoms with E-state index in [0.717, 1.165) is 0 Å². The standard InChI is InChI=1S/C13H15NO3/c1-10(2)13(9-14,17-16-11(3)15)12-7-5-4-6-8-12/h4-8,10H,1-3H3. The highest BCUT2D eigenvalue weighted by molar-refractivity contribution is 5.65. The smallest absolute Gasteiger partial charge is 0.297 e. The Labute approximate surface area is 101 Å². The van der Waals surface area contributed by atoms with Gasteiger partial charge in [-0.05, 0) is 0 Å². The second-order valence-electron chi connectivity index (χ2n) is 4.03. The van der Waals surface area contributed by atoms with Crippen LogP contribution in [0.25, 0.3) is 0 Å². The average Bonchev–Trinajstić information content (AvgIpc) is 2.31. The van der Waals surface area contributed by atoms with E-state index in [9.17, 15) is 10.1 Å². The molecule has 0 fully saturated rings. The molecule has 0 bridgehead atoms. The van der Waals surface area contributed by atoms with E-state index in [1.807, 2.05) is 19.9 Å². The largest absolute Gasteiger partial charge is 0.339 e. The molecule has 1 aromatic carbocycles. The van der Waals surface area contributed by atoms with Gasteiger partial charge in [0.15, 0.2) is 0 Å². The van der Waals surface area contributed by atoms with E-state index < -0.39 is 11.6 Å². The lowest BCUT2D eigenvalue weighted by Crippen LogP contribution is -2.34. The minimum atomic E-state index is -1.27. The Morgan fingerprint density at radius 2 is 1.94 bits per heavy atom. The molecule has 0 N–H and O–H groups in total. The molecule has 0 saturated carbocycles. The number of carbonyl (C=O) groups is 1. The number of benzene rings is 1. The van der Waals surface area contributed by atoms with Crippen molar-refractivity contribution in [2.24, 2.45) is 5.92 Å². The van der Waals surface area contributed by atoms with Crippen molar-refractivity contribution in [1.82, 2.24) is 0 Å². The zero-order chi connectivity index (χ0) is 12.9. The lowest BCUT2D eigenvalue weighted by atomic mass is 9.85. The van der Waals surface area contributed by atoms with Crippen molar-refractivity contribution in [2.45, 2.75) is 26.4 Å². The zero-order valence-corrected chi connectivity index (χ0v) is 10.1. The topological polar surface area (TPSA) is 59.3 Å². The Balaban J connectivity index is 3.10. The highest BCUT2D eigenvalue weighted by Gasteiger charge is 2.40. The highest BCUT2D eigenvalue weighted by atomic mass is 17.2. The Morgan fingerprint density at radius 1 is 1.35 bits per heavy atom. The van der Waals surface area contributed by atoms with Crippen LogP contribution < -0.4 is 0 Å². The van der Waals surface area contributed by atoms with Gasteiger partial charge < -0.3 is 0 Å². The summed E-state index contributed by atoms with van der Waals surface area (Å²) < 4.78 is 0. The molecule has 1 rings (SSSR count). The number of nitrogens with zero attached hydrogens (tertiary/aromatic N) is 1. The summed E-state index contributed by atoms with van der Waals surface area (Å²) in [5.74, 6) is -0.740. The lowest BCUT2D eigenvalue weighted by molar-refractivity contribution is -0.331. The number of carbonyl (C=O) groups excluding carboxylic acids is 1. The minimum Gasteiger partial charge on any atom is -0.297 e. The second kappa shape index (κ2) is 5.46. The van der Waals surface area contributed by atoms with Crippen LogP contribution in [-0.2, 0) is 20.2 Å². The van der Waals surface area contributed by atoms with Gasteiger partial charge in [0, 0.05) is 18.4 Å². The van der Waals surface area contributed by atoms with E-state index in [4.69, 9.17) is 4.89 Å². The van der Waals surface area contributed by atoms with Crippen LogP contribution >= 0.6 is 0 Å². The molecule has 0 aromatic heterocycles. The SMILES string of the molecule is CC(=O)OOC(C#N)(c1ccccc1)C(C)C. The van der Waals surface area contributed by atoms with E-state index in [1.165, 1.54) is 6.92 Å². The van der Waals surface area contributed by atoms with E-state index in [2.05, 4.69) is 11.0 Å². The van der Waals surface area contributed by atoms with Gasteiger partial charge in [0.25, 0.3) is 0 Å². The van der Waals surface area contributed by atoms with Gasteiger partial charge in [-0.25, -0.2) is 4.79 Å². The Morgan fingerprint density at radius 3 is 2.35 bits per heavy atom. The van der Waals surface area contributed by atoms with Crippen molar-refractivity contribution in [3.8, 4) is 6.07 Å². The first-order valence-electron chi connectivity index (χ1n) is 5.36. The molecule has 0 heterocycles. The maximum Gasteiger partial charge on any atom is 0.339 e. The van der Waals surface area contributed by atoms with Gasteiger partial charge in [-0.15, -0.1) is 0 Å². The first-order valence-corrected chi connectivity index (χ1v) is 5.36. The number of hydrogen-bond acceptors (Lipinski definition) is 4. The molecule has 1 aromatic rings. The molecular weight excluding hydrogens is 218 g/mol. The van der Waals surface area contributed by atoms with Gasteiger partial charge in [-0.3, -0.25) is 4.89 Å². The number of hydrogen-bond donors (Lipinski definition) is 0. The predicted molar refractivity (Wildman–Crippen MR) is 61.4 cm³/mol. The molecule has 4 heteroatoms. The van der Waals surface area contributed by atoms with Gasteiger partial charge in [0.05, 0.1) is 0 Å². The first kappa shape index (κ1) is 13.2. The highest BCUT2D eigenvalue weighted by Crippen LogP contribution is 2.33. The molecule has 1 unspecified atom stereocenters. The van der Waals surface area contributed by atoms with E-state index in [1.54, 1.807) is 24.3 Å². The fourth-order valence-corrected chi connectivity index (χ4v) is 1.50. The van der Waals surface area contributed by atoms with Crippen LogP contribution in [0.2, 0.25) is 0 Å². The van der Waals surface area contributed by atoms with Crippen molar-refractivity contribution in [3.63, 3.8) is 0 Å². The lowest BCUT2D eigenvalue weighted by Gasteiger charge is -2.28. The molecule has 17 heavy (non-hydrogen) atoms. The molecule has 0 aliphatic rings. The summed E-state index contributed by atoms with van der Waals surface area (Å²) in [5.41, 5.74) is -0.605. The quantitative estimate of drug-likeness (QED) is 0.592. The van der Waals surface area contributed by atoms with E-state index in [-0.39, 0.29) is 5.92 Å². The van der Waals surface area contributed by atoms with Gasteiger partial charge in [0.2, 0.25) is 5.60 Å². The molecule has 0 aliphatic heterocycles. The predicted octanol–water partition coefficient (Wildman–Crippen LogP) is 2.56. The maximum absolute atomic E-state index is 10.8. The third-order valence-corrected chi connectivity index (χ3v) is 2.47. The van der Waals surface area contributed by atoms with Crippen LogP contribution in [0.1, 0.15) is 26.3 Å². The van der Waals surface area contributed by atoms with Crippen molar-refractivity contribution in [1.29, 1.82) is 5.26 Å². The minimum absolute atomic E-state index is 0.158. The molecule has 4 nitrogen and oxygen atoms in total. The molecular formula is C13H15NO3. The van der Waals surface area contributed by atoms with Crippen LogP contribution in [0.3, 0.4) is 0 Å². The Kier molecular flexibility index (Phi) is 4.24. The van der Waals surface area contributed by atoms with Gasteiger partial charge in [0.1, 0.15) is 6.07 Å². The van der Waals surface area contributed by atoms with Gasteiger partial charge >= 0.3 is 5.97 Å². The molecule has 0 saturated heterocycles. The van der Waals surface area contributed by atoms with Crippen molar-refractivity contribution >= 4 is 5.97 Å². The van der Waals surface area contributed by atoms with Gasteiger partial charge in [-0.2, -0.15) is 10.1 Å². The molecule has 0 radical (unpaired) electrons. The Hall–Kier alpha value is -1.86. The second-order valence-corrected chi connectivity index (χ2v) is 4.03. The van der Waals surface area contributed by atoms with Crippen molar-refractivity contribution in [3.05, 3.63) is 35.9 Å². The summed E-state index contributed by atoms with van der Waals surface area (Å²) in [7, 11) is 0. The fourth-order valence-electron chi connectivity index (χ4n) is 1.50. The molecule has 1 atom stereocenters. The van der Waals surface area contributed by atoms with E-state index in [0.29, 0.717) is 5.56 Å². The third kappa shape index (κ3) is 2.83. The summed E-state index contributed by atoms with van der Waals surface area (Å²) in [4.78, 5) is 20.4. The summed E-state index contributed by atoms with van der Waals surface area (Å²) in [5, 5.41) is 9.35. The van der Waals surface area contributed by atoms with Crippen molar-refractivity contribution < 1.29 is 14.6 Å². The molecule has 0 amide bonds. The molecule has 90 valence electrons.